The van der Waals surface area contributed by atoms with Crippen LogP contribution in [0.2, 0.25) is 0 Å². The van der Waals surface area contributed by atoms with Gasteiger partial charge in [-0.3, -0.25) is 9.79 Å². The highest BCUT2D eigenvalue weighted by molar-refractivity contribution is 14.0. The molecule has 1 aromatic rings. The van der Waals surface area contributed by atoms with Gasteiger partial charge in [-0.05, 0) is 43.4 Å². The third-order valence-electron chi connectivity index (χ3n) is 4.48. The highest BCUT2D eigenvalue weighted by Crippen LogP contribution is 2.32. The van der Waals surface area contributed by atoms with Crippen LogP contribution in [0.1, 0.15) is 24.8 Å². The van der Waals surface area contributed by atoms with E-state index in [1.165, 1.54) is 6.42 Å². The molecule has 0 aliphatic carbocycles. The van der Waals surface area contributed by atoms with Gasteiger partial charge in [0.05, 0.1) is 6.54 Å². The Morgan fingerprint density at radius 2 is 1.92 bits per heavy atom. The number of piperidine rings is 1. The maximum absolute atomic E-state index is 12.2. The fraction of sp³-hybridized carbons (Fsp3) is 0.556. The molecule has 26 heavy (non-hydrogen) atoms. The van der Waals surface area contributed by atoms with Crippen LogP contribution in [0.15, 0.2) is 23.2 Å². The monoisotopic (exact) mass is 474 g/mol. The molecule has 2 heterocycles. The summed E-state index contributed by atoms with van der Waals surface area (Å²) in [6.45, 7) is 3.03. The molecule has 1 aromatic carbocycles. The molecule has 1 amide bonds. The number of aliphatic imine (C=N–C) groups is 1. The standard InChI is InChI=1S/C18H26N4O3.HI/c1-19-18(21-12-17(23)22-9-3-2-4-10-22)20-8-7-14-5-6-15-16(11-14)25-13-24-15;/h5-6,11H,2-4,7-10,12-13H2,1H3,(H2,19,20,21);1H. The predicted molar refractivity (Wildman–Crippen MR) is 111 cm³/mol. The summed E-state index contributed by atoms with van der Waals surface area (Å²) in [7, 11) is 1.71. The Labute approximate surface area is 171 Å². The number of rotatable bonds is 5. The second-order valence-electron chi connectivity index (χ2n) is 6.23. The van der Waals surface area contributed by atoms with E-state index in [1.807, 2.05) is 23.1 Å². The minimum atomic E-state index is 0. The number of benzene rings is 1. The van der Waals surface area contributed by atoms with E-state index in [4.69, 9.17) is 9.47 Å². The fourth-order valence-electron chi connectivity index (χ4n) is 3.06. The summed E-state index contributed by atoms with van der Waals surface area (Å²) in [4.78, 5) is 18.3. The van der Waals surface area contributed by atoms with Gasteiger partial charge in [-0.25, -0.2) is 0 Å². The maximum atomic E-state index is 12.2. The van der Waals surface area contributed by atoms with E-state index < -0.39 is 0 Å². The van der Waals surface area contributed by atoms with Crippen molar-refractivity contribution in [2.45, 2.75) is 25.7 Å². The van der Waals surface area contributed by atoms with Crippen molar-refractivity contribution in [3.8, 4) is 11.5 Å². The number of hydrogen-bond donors (Lipinski definition) is 2. The van der Waals surface area contributed by atoms with Crippen LogP contribution in [-0.4, -0.2) is 56.8 Å². The number of carbonyl (C=O) groups is 1. The zero-order chi connectivity index (χ0) is 17.5. The second-order valence-corrected chi connectivity index (χ2v) is 6.23. The van der Waals surface area contributed by atoms with Gasteiger partial charge in [0.15, 0.2) is 17.5 Å². The summed E-state index contributed by atoms with van der Waals surface area (Å²) in [5.74, 6) is 2.38. The summed E-state index contributed by atoms with van der Waals surface area (Å²) < 4.78 is 10.7. The Morgan fingerprint density at radius 3 is 2.69 bits per heavy atom. The number of ether oxygens (including phenoxy) is 2. The van der Waals surface area contributed by atoms with E-state index in [9.17, 15) is 4.79 Å². The lowest BCUT2D eigenvalue weighted by molar-refractivity contribution is -0.130. The molecule has 0 unspecified atom stereocenters. The van der Waals surface area contributed by atoms with Crippen LogP contribution in [0.3, 0.4) is 0 Å². The third kappa shape index (κ3) is 5.65. The summed E-state index contributed by atoms with van der Waals surface area (Å²) in [6, 6.07) is 5.97. The lowest BCUT2D eigenvalue weighted by atomic mass is 10.1. The highest BCUT2D eigenvalue weighted by atomic mass is 127. The summed E-state index contributed by atoms with van der Waals surface area (Å²) in [6.07, 6.45) is 4.26. The van der Waals surface area contributed by atoms with Gasteiger partial charge in [0.1, 0.15) is 0 Å². The van der Waals surface area contributed by atoms with Gasteiger partial charge in [0.25, 0.3) is 0 Å². The van der Waals surface area contributed by atoms with Crippen LogP contribution in [0, 0.1) is 0 Å². The molecule has 0 aromatic heterocycles. The molecule has 144 valence electrons. The number of guanidine groups is 1. The highest BCUT2D eigenvalue weighted by Gasteiger charge is 2.16. The van der Waals surface area contributed by atoms with Crippen LogP contribution in [-0.2, 0) is 11.2 Å². The lowest BCUT2D eigenvalue weighted by Gasteiger charge is -2.27. The SMILES string of the molecule is CN=C(NCCc1ccc2c(c1)OCO2)NCC(=O)N1CCCCC1.I. The number of halogens is 1. The zero-order valence-electron chi connectivity index (χ0n) is 15.1. The Kier molecular flexibility index (Phi) is 8.27. The number of hydrogen-bond acceptors (Lipinski definition) is 4. The third-order valence-corrected chi connectivity index (χ3v) is 4.48. The molecule has 1 saturated heterocycles. The van der Waals surface area contributed by atoms with E-state index in [0.717, 1.165) is 56.0 Å². The average Bonchev–Trinajstić information content (AvgIpc) is 3.12. The molecular formula is C18H27IN4O3. The first-order valence-corrected chi connectivity index (χ1v) is 8.87. The van der Waals surface area contributed by atoms with Crippen LogP contribution in [0.4, 0.5) is 0 Å². The van der Waals surface area contributed by atoms with Crippen molar-refractivity contribution in [3.05, 3.63) is 23.8 Å². The molecular weight excluding hydrogens is 447 g/mol. The lowest BCUT2D eigenvalue weighted by Crippen LogP contribution is -2.46. The van der Waals surface area contributed by atoms with Gasteiger partial charge in [-0.1, -0.05) is 6.07 Å². The molecule has 8 heteroatoms. The van der Waals surface area contributed by atoms with Gasteiger partial charge in [-0.2, -0.15) is 0 Å². The van der Waals surface area contributed by atoms with Crippen molar-refractivity contribution >= 4 is 35.8 Å². The molecule has 1 fully saturated rings. The summed E-state index contributed by atoms with van der Waals surface area (Å²) in [5.41, 5.74) is 1.16. The molecule has 2 N–H and O–H groups in total. The molecule has 0 spiro atoms. The normalized spacial score (nSPS) is 16.0. The quantitative estimate of drug-likeness (QED) is 0.387. The van der Waals surface area contributed by atoms with Crippen molar-refractivity contribution in [1.29, 1.82) is 0 Å². The predicted octanol–water partition coefficient (Wildman–Crippen LogP) is 1.75. The fourth-order valence-corrected chi connectivity index (χ4v) is 3.06. The van der Waals surface area contributed by atoms with Crippen molar-refractivity contribution in [2.75, 3.05) is 40.0 Å². The van der Waals surface area contributed by atoms with Gasteiger partial charge in [-0.15, -0.1) is 24.0 Å². The molecule has 3 rings (SSSR count). The van der Waals surface area contributed by atoms with Crippen LogP contribution in [0.25, 0.3) is 0 Å². The van der Waals surface area contributed by atoms with E-state index in [1.54, 1.807) is 7.05 Å². The first-order valence-electron chi connectivity index (χ1n) is 8.87. The summed E-state index contributed by atoms with van der Waals surface area (Å²) >= 11 is 0. The minimum absolute atomic E-state index is 0. The van der Waals surface area contributed by atoms with Crippen molar-refractivity contribution in [2.24, 2.45) is 4.99 Å². The van der Waals surface area contributed by atoms with Gasteiger partial charge >= 0.3 is 0 Å². The number of carbonyl (C=O) groups excluding carboxylic acids is 1. The number of nitrogens with zero attached hydrogens (tertiary/aromatic N) is 2. The zero-order valence-corrected chi connectivity index (χ0v) is 17.5. The second kappa shape index (κ2) is 10.4. The summed E-state index contributed by atoms with van der Waals surface area (Å²) in [5, 5.41) is 6.34. The number of fused-ring (bicyclic) bond motifs is 1. The average molecular weight is 474 g/mol. The molecule has 0 atom stereocenters. The Morgan fingerprint density at radius 1 is 1.15 bits per heavy atom. The topological polar surface area (TPSA) is 75.2 Å². The first kappa shape index (κ1) is 20.6. The first-order chi connectivity index (χ1) is 12.3. The minimum Gasteiger partial charge on any atom is -0.454 e. The Balaban J connectivity index is 0.00000243. The molecule has 0 bridgehead atoms. The maximum Gasteiger partial charge on any atom is 0.241 e. The van der Waals surface area contributed by atoms with E-state index in [2.05, 4.69) is 15.6 Å². The van der Waals surface area contributed by atoms with E-state index in [0.29, 0.717) is 12.8 Å². The van der Waals surface area contributed by atoms with E-state index >= 15 is 0 Å². The van der Waals surface area contributed by atoms with Crippen LogP contribution in [0.5, 0.6) is 11.5 Å². The van der Waals surface area contributed by atoms with Crippen molar-refractivity contribution < 1.29 is 14.3 Å². The molecule has 7 nitrogen and oxygen atoms in total. The van der Waals surface area contributed by atoms with Crippen LogP contribution >= 0.6 is 24.0 Å². The number of likely N-dealkylation sites (tertiary alicyclic amines) is 1. The van der Waals surface area contributed by atoms with Crippen molar-refractivity contribution in [1.82, 2.24) is 15.5 Å². The smallest absolute Gasteiger partial charge is 0.241 e. The van der Waals surface area contributed by atoms with Crippen LogP contribution < -0.4 is 20.1 Å². The van der Waals surface area contributed by atoms with Crippen molar-refractivity contribution in [3.63, 3.8) is 0 Å². The van der Waals surface area contributed by atoms with Gasteiger partial charge in [0.2, 0.25) is 12.7 Å². The van der Waals surface area contributed by atoms with Gasteiger partial charge in [0, 0.05) is 26.7 Å². The number of nitrogens with one attached hydrogen (secondary N) is 2. The Hall–Kier alpha value is -1.71. The molecule has 2 aliphatic rings. The molecule has 2 aliphatic heterocycles. The van der Waals surface area contributed by atoms with Gasteiger partial charge < -0.3 is 25.0 Å². The number of amides is 1. The largest absolute Gasteiger partial charge is 0.454 e. The Bertz CT molecular complexity index is 633. The molecule has 0 radical (unpaired) electrons. The molecule has 0 saturated carbocycles. The van der Waals surface area contributed by atoms with E-state index in [-0.39, 0.29) is 36.4 Å².